The topological polar surface area (TPSA) is 66.8 Å². The van der Waals surface area contributed by atoms with E-state index in [9.17, 15) is 9.90 Å². The van der Waals surface area contributed by atoms with Crippen molar-refractivity contribution >= 4 is 5.97 Å². The molecule has 0 aromatic heterocycles. The normalized spacial score (nSPS) is 11.4. The molecule has 0 aliphatic heterocycles. The van der Waals surface area contributed by atoms with Gasteiger partial charge in [-0.1, -0.05) is 103 Å². The summed E-state index contributed by atoms with van der Waals surface area (Å²) in [7, 11) is 0. The van der Waals surface area contributed by atoms with Gasteiger partial charge in [-0.3, -0.25) is 0 Å². The molecule has 0 saturated heterocycles. The Morgan fingerprint density at radius 3 is 1.63 bits per heavy atom. The zero-order chi connectivity index (χ0) is 20.6. The molecule has 1 atom stereocenters. The molecule has 0 saturated carbocycles. The molecule has 0 aromatic carbocycles. The third kappa shape index (κ3) is 25.1. The minimum atomic E-state index is -1.03. The number of unbranched alkanes of at least 4 members (excludes halogenated alkanes) is 13. The van der Waals surface area contributed by atoms with Gasteiger partial charge in [-0.25, -0.2) is 4.79 Å². The van der Waals surface area contributed by atoms with Crippen LogP contribution in [0.2, 0.25) is 0 Å². The van der Waals surface area contributed by atoms with Gasteiger partial charge in [0.1, 0.15) is 6.61 Å². The van der Waals surface area contributed by atoms with E-state index >= 15 is 0 Å². The summed E-state index contributed by atoms with van der Waals surface area (Å²) in [5.41, 5.74) is 0. The Labute approximate surface area is 168 Å². The number of aliphatic hydroxyl groups is 2. The minimum Gasteiger partial charge on any atom is -0.461 e. The summed E-state index contributed by atoms with van der Waals surface area (Å²) in [6, 6.07) is 0. The molecule has 0 aliphatic carbocycles. The van der Waals surface area contributed by atoms with E-state index in [1.165, 1.54) is 77.0 Å². The van der Waals surface area contributed by atoms with Crippen LogP contribution in [0.4, 0.5) is 0 Å². The summed E-state index contributed by atoms with van der Waals surface area (Å²) in [4.78, 5) is 11.3. The lowest BCUT2D eigenvalue weighted by Gasteiger charge is -2.09. The fourth-order valence-corrected chi connectivity index (χ4v) is 2.89. The van der Waals surface area contributed by atoms with Gasteiger partial charge in [0.15, 0.2) is 6.10 Å². The number of ether oxygens (including phenoxy) is 1. The summed E-state index contributed by atoms with van der Waals surface area (Å²) < 4.78 is 4.68. The maximum absolute atomic E-state index is 11.3. The Morgan fingerprint density at radius 2 is 1.26 bits per heavy atom. The van der Waals surface area contributed by atoms with Crippen LogP contribution in [0.25, 0.3) is 0 Å². The van der Waals surface area contributed by atoms with Crippen molar-refractivity contribution in [2.45, 2.75) is 116 Å². The van der Waals surface area contributed by atoms with E-state index in [2.05, 4.69) is 18.2 Å². The van der Waals surface area contributed by atoms with Crippen LogP contribution in [0, 0.1) is 0 Å². The second-order valence-corrected chi connectivity index (χ2v) is 7.20. The number of rotatable bonds is 18. The smallest absolute Gasteiger partial charge is 0.335 e. The number of carbonyl (C=O) groups is 1. The monoisotopic (exact) mass is 386 g/mol. The summed E-state index contributed by atoms with van der Waals surface area (Å²) >= 11 is 0. The van der Waals surface area contributed by atoms with Crippen molar-refractivity contribution in [2.24, 2.45) is 0 Å². The predicted molar refractivity (Wildman–Crippen MR) is 115 cm³/mol. The van der Waals surface area contributed by atoms with Crippen LogP contribution in [-0.4, -0.2) is 35.5 Å². The van der Waals surface area contributed by atoms with Gasteiger partial charge < -0.3 is 14.9 Å². The highest BCUT2D eigenvalue weighted by atomic mass is 16.6. The highest BCUT2D eigenvalue weighted by Gasteiger charge is 2.15. The molecule has 0 rings (SSSR count). The number of esters is 1. The Hall–Kier alpha value is -0.870. The second kappa shape index (κ2) is 25.1. The molecule has 0 bridgehead atoms. The van der Waals surface area contributed by atoms with Crippen molar-refractivity contribution in [3.63, 3.8) is 0 Å². The summed E-state index contributed by atoms with van der Waals surface area (Å²) in [5.74, 6) is -0.612. The zero-order valence-electron chi connectivity index (χ0n) is 18.1. The quantitative estimate of drug-likeness (QED) is 0.174. The molecule has 0 radical (unpaired) electrons. The largest absolute Gasteiger partial charge is 0.461 e. The summed E-state index contributed by atoms with van der Waals surface area (Å²) in [6.45, 7) is 7.28. The van der Waals surface area contributed by atoms with Gasteiger partial charge in [0, 0.05) is 0 Å². The molecule has 4 heteroatoms. The lowest BCUT2D eigenvalue weighted by Crippen LogP contribution is -2.24. The fourth-order valence-electron chi connectivity index (χ4n) is 2.89. The number of allylic oxidation sites excluding steroid dienone is 1. The van der Waals surface area contributed by atoms with Crippen LogP contribution in [0.1, 0.15) is 110 Å². The standard InChI is InChI=1S/C20H40O4.C3H6/c1-2-3-4-5-6-7-8-9-10-11-12-13-14-15-16-19(22)20(23)24-18-17-21;1-3-2/h19,21-22H,2-18H2,1H3;3H,1H2,2H3. The second-order valence-electron chi connectivity index (χ2n) is 7.20. The third-order valence-electron chi connectivity index (χ3n) is 4.44. The minimum absolute atomic E-state index is 0.0331. The first-order chi connectivity index (χ1) is 13.1. The van der Waals surface area contributed by atoms with Crippen molar-refractivity contribution in [1.29, 1.82) is 0 Å². The summed E-state index contributed by atoms with van der Waals surface area (Å²) in [6.07, 6.45) is 19.2. The van der Waals surface area contributed by atoms with Crippen LogP contribution in [-0.2, 0) is 9.53 Å². The summed E-state index contributed by atoms with van der Waals surface area (Å²) in [5, 5.41) is 18.1. The van der Waals surface area contributed by atoms with Crippen LogP contribution in [0.3, 0.4) is 0 Å². The van der Waals surface area contributed by atoms with Gasteiger partial charge in [-0.15, -0.1) is 6.58 Å². The van der Waals surface area contributed by atoms with Gasteiger partial charge in [-0.05, 0) is 13.3 Å². The van der Waals surface area contributed by atoms with Crippen molar-refractivity contribution in [3.8, 4) is 0 Å². The van der Waals surface area contributed by atoms with E-state index in [1.807, 2.05) is 6.92 Å². The Bertz CT molecular complexity index is 305. The average Bonchev–Trinajstić information content (AvgIpc) is 2.66. The molecule has 2 N–H and O–H groups in total. The molecule has 0 aliphatic rings. The Balaban J connectivity index is 0. The number of carbonyl (C=O) groups excluding carboxylic acids is 1. The molecule has 162 valence electrons. The highest BCUT2D eigenvalue weighted by molar-refractivity contribution is 5.74. The first kappa shape index (κ1) is 28.3. The van der Waals surface area contributed by atoms with Gasteiger partial charge in [0.2, 0.25) is 0 Å². The maximum atomic E-state index is 11.3. The lowest BCUT2D eigenvalue weighted by atomic mass is 10.0. The third-order valence-corrected chi connectivity index (χ3v) is 4.44. The van der Waals surface area contributed by atoms with Crippen molar-refractivity contribution in [3.05, 3.63) is 12.7 Å². The fraction of sp³-hybridized carbons (Fsp3) is 0.870. The van der Waals surface area contributed by atoms with E-state index in [0.717, 1.165) is 12.8 Å². The van der Waals surface area contributed by atoms with Gasteiger partial charge in [0.05, 0.1) is 6.61 Å². The Kier molecular flexibility index (Phi) is 26.4. The molecular formula is C23H46O4. The van der Waals surface area contributed by atoms with Crippen molar-refractivity contribution in [2.75, 3.05) is 13.2 Å². The van der Waals surface area contributed by atoms with Crippen molar-refractivity contribution < 1.29 is 19.7 Å². The first-order valence-corrected chi connectivity index (χ1v) is 11.2. The van der Waals surface area contributed by atoms with E-state index in [4.69, 9.17) is 5.11 Å². The van der Waals surface area contributed by atoms with Gasteiger partial charge >= 0.3 is 5.97 Å². The number of aliphatic hydroxyl groups excluding tert-OH is 2. The van der Waals surface area contributed by atoms with E-state index < -0.39 is 12.1 Å². The van der Waals surface area contributed by atoms with Crippen LogP contribution in [0.15, 0.2) is 12.7 Å². The van der Waals surface area contributed by atoms with Gasteiger partial charge in [-0.2, -0.15) is 0 Å². The lowest BCUT2D eigenvalue weighted by molar-refractivity contribution is -0.154. The van der Waals surface area contributed by atoms with Crippen LogP contribution in [0.5, 0.6) is 0 Å². The van der Waals surface area contributed by atoms with E-state index in [-0.39, 0.29) is 13.2 Å². The van der Waals surface area contributed by atoms with Crippen LogP contribution < -0.4 is 0 Å². The predicted octanol–water partition coefficient (Wildman–Crippen LogP) is 5.95. The van der Waals surface area contributed by atoms with Crippen LogP contribution >= 0.6 is 0 Å². The molecular weight excluding hydrogens is 340 g/mol. The molecule has 0 amide bonds. The first-order valence-electron chi connectivity index (χ1n) is 11.2. The molecule has 4 nitrogen and oxygen atoms in total. The molecule has 0 fully saturated rings. The number of hydrogen-bond donors (Lipinski definition) is 2. The molecule has 0 aromatic rings. The Morgan fingerprint density at radius 1 is 0.889 bits per heavy atom. The highest BCUT2D eigenvalue weighted by Crippen LogP contribution is 2.13. The molecule has 0 heterocycles. The average molecular weight is 387 g/mol. The zero-order valence-corrected chi connectivity index (χ0v) is 18.1. The SMILES string of the molecule is C=CC.CCCCCCCCCCCCCCCCC(O)C(=O)OCCO. The molecule has 27 heavy (non-hydrogen) atoms. The van der Waals surface area contributed by atoms with Gasteiger partial charge in [0.25, 0.3) is 0 Å². The van der Waals surface area contributed by atoms with Crippen molar-refractivity contribution in [1.82, 2.24) is 0 Å². The number of hydrogen-bond acceptors (Lipinski definition) is 4. The molecule has 1 unspecified atom stereocenters. The van der Waals surface area contributed by atoms with E-state index in [0.29, 0.717) is 6.42 Å². The maximum Gasteiger partial charge on any atom is 0.335 e. The molecule has 0 spiro atoms. The van der Waals surface area contributed by atoms with E-state index in [1.54, 1.807) is 6.08 Å².